The van der Waals surface area contributed by atoms with Gasteiger partial charge in [0.2, 0.25) is 5.91 Å². The minimum atomic E-state index is -0.450. The summed E-state index contributed by atoms with van der Waals surface area (Å²) in [5.74, 6) is -0.104. The Morgan fingerprint density at radius 2 is 1.71 bits per heavy atom. The van der Waals surface area contributed by atoms with E-state index in [2.05, 4.69) is 35.9 Å². The minimum Gasteiger partial charge on any atom is -0.309 e. The second kappa shape index (κ2) is 9.72. The van der Waals surface area contributed by atoms with Crippen molar-refractivity contribution in [3.05, 3.63) is 71.9 Å². The van der Waals surface area contributed by atoms with Crippen molar-refractivity contribution in [3.8, 4) is 11.1 Å². The summed E-state index contributed by atoms with van der Waals surface area (Å²) in [6, 6.07) is 11.0. The normalized spacial score (nSPS) is 11.8. The number of carbonyl (C=O) groups excluding carboxylic acids is 2. The summed E-state index contributed by atoms with van der Waals surface area (Å²) in [4.78, 5) is 42.5. The van der Waals surface area contributed by atoms with Crippen LogP contribution >= 0.6 is 0 Å². The predicted molar refractivity (Wildman–Crippen MR) is 132 cm³/mol. The molecule has 4 aromatic rings. The summed E-state index contributed by atoms with van der Waals surface area (Å²) in [5.41, 5.74) is 4.46. The summed E-state index contributed by atoms with van der Waals surface area (Å²) >= 11 is 0. The topological polar surface area (TPSA) is 122 Å². The lowest BCUT2D eigenvalue weighted by Crippen LogP contribution is -2.35. The van der Waals surface area contributed by atoms with Crippen LogP contribution < -0.4 is 16.0 Å². The summed E-state index contributed by atoms with van der Waals surface area (Å²) in [7, 11) is 1.70. The van der Waals surface area contributed by atoms with Crippen molar-refractivity contribution in [1.82, 2.24) is 25.3 Å². The van der Waals surface area contributed by atoms with Gasteiger partial charge in [0.1, 0.15) is 17.3 Å². The highest BCUT2D eigenvalue weighted by Crippen LogP contribution is 2.33. The molecule has 1 atom stereocenters. The third-order valence-electron chi connectivity index (χ3n) is 5.44. The molecule has 9 nitrogen and oxygen atoms in total. The fourth-order valence-corrected chi connectivity index (χ4v) is 3.50. The Hall–Kier alpha value is -4.24. The van der Waals surface area contributed by atoms with Crippen LogP contribution in [0, 0.1) is 13.8 Å². The van der Waals surface area contributed by atoms with Crippen molar-refractivity contribution in [3.63, 3.8) is 0 Å². The fraction of sp³-hybridized carbons (Fsp3) is 0.200. The van der Waals surface area contributed by atoms with Crippen LogP contribution in [0.3, 0.4) is 0 Å². The monoisotopic (exact) mass is 455 g/mol. The molecule has 2 amide bonds. The van der Waals surface area contributed by atoms with Crippen LogP contribution in [0.15, 0.2) is 55.0 Å². The maximum Gasteiger partial charge on any atom is 0.277 e. The number of pyridine rings is 2. The number of benzene rings is 1. The number of likely N-dealkylation sites (N-methyl/N-ethyl adjacent to an activating group) is 1. The van der Waals surface area contributed by atoms with Gasteiger partial charge in [0.15, 0.2) is 0 Å². The highest BCUT2D eigenvalue weighted by atomic mass is 16.2. The number of rotatable bonds is 6. The van der Waals surface area contributed by atoms with Crippen LogP contribution in [0.25, 0.3) is 22.0 Å². The molecule has 9 heteroatoms. The highest BCUT2D eigenvalue weighted by Gasteiger charge is 2.17. The van der Waals surface area contributed by atoms with Crippen LogP contribution in [0.5, 0.6) is 0 Å². The molecule has 0 aliphatic carbocycles. The van der Waals surface area contributed by atoms with Crippen LogP contribution in [-0.2, 0) is 4.79 Å². The first-order valence-corrected chi connectivity index (χ1v) is 10.8. The number of fused-ring (bicyclic) bond motifs is 1. The second-order valence-electron chi connectivity index (χ2n) is 7.95. The molecule has 0 aliphatic rings. The molecule has 1 aromatic carbocycles. The molecular weight excluding hydrogens is 430 g/mol. The summed E-state index contributed by atoms with van der Waals surface area (Å²) in [5, 5.41) is 9.46. The van der Waals surface area contributed by atoms with Crippen molar-refractivity contribution in [2.24, 2.45) is 0 Å². The molecule has 0 saturated carbocycles. The van der Waals surface area contributed by atoms with Gasteiger partial charge in [0.05, 0.1) is 23.4 Å². The van der Waals surface area contributed by atoms with E-state index in [4.69, 9.17) is 0 Å². The van der Waals surface area contributed by atoms with Crippen molar-refractivity contribution in [2.75, 3.05) is 17.7 Å². The zero-order valence-corrected chi connectivity index (χ0v) is 19.4. The van der Waals surface area contributed by atoms with Gasteiger partial charge in [-0.1, -0.05) is 12.1 Å². The standard InChI is InChI=1S/C25H25N7O2/c1-14-7-8-19-18(6-5-9-27-19)23(14)17-10-21(31-24(33)16(3)26-4)30-22(11-17)32-25(34)20-13-28-15(2)12-29-20/h5-13,16,26H,1-4H3,(H2,30,31,32,33,34). The number of anilines is 2. The number of aromatic nitrogens is 4. The molecule has 3 heterocycles. The molecule has 0 fully saturated rings. The van der Waals surface area contributed by atoms with Gasteiger partial charge in [-0.15, -0.1) is 0 Å². The smallest absolute Gasteiger partial charge is 0.277 e. The Morgan fingerprint density at radius 1 is 0.941 bits per heavy atom. The summed E-state index contributed by atoms with van der Waals surface area (Å²) in [6.45, 7) is 5.55. The first-order chi connectivity index (χ1) is 16.4. The van der Waals surface area contributed by atoms with E-state index in [0.717, 1.165) is 27.6 Å². The van der Waals surface area contributed by atoms with Crippen LogP contribution in [-0.4, -0.2) is 44.8 Å². The van der Waals surface area contributed by atoms with Crippen molar-refractivity contribution < 1.29 is 9.59 Å². The summed E-state index contributed by atoms with van der Waals surface area (Å²) in [6.07, 6.45) is 4.68. The van der Waals surface area contributed by atoms with Crippen LogP contribution in [0.2, 0.25) is 0 Å². The van der Waals surface area contributed by atoms with Gasteiger partial charge >= 0.3 is 0 Å². The number of amides is 2. The molecule has 0 bridgehead atoms. The molecule has 34 heavy (non-hydrogen) atoms. The van der Waals surface area contributed by atoms with E-state index >= 15 is 0 Å². The Kier molecular flexibility index (Phi) is 6.55. The van der Waals surface area contributed by atoms with E-state index < -0.39 is 11.9 Å². The Morgan fingerprint density at radius 3 is 2.41 bits per heavy atom. The molecule has 3 aromatic heterocycles. The van der Waals surface area contributed by atoms with Gasteiger partial charge in [-0.25, -0.2) is 9.97 Å². The number of nitrogens with zero attached hydrogens (tertiary/aromatic N) is 4. The highest BCUT2D eigenvalue weighted by molar-refractivity contribution is 6.04. The van der Waals surface area contributed by atoms with Crippen LogP contribution in [0.4, 0.5) is 11.6 Å². The molecule has 1 unspecified atom stereocenters. The van der Waals surface area contributed by atoms with E-state index in [0.29, 0.717) is 11.5 Å². The number of aryl methyl sites for hydroxylation is 2. The molecule has 0 saturated heterocycles. The zero-order chi connectivity index (χ0) is 24.2. The van der Waals surface area contributed by atoms with Gasteiger partial charge in [-0.3, -0.25) is 19.6 Å². The number of hydrogen-bond donors (Lipinski definition) is 3. The molecule has 3 N–H and O–H groups in total. The lowest BCUT2D eigenvalue weighted by atomic mass is 9.96. The first kappa shape index (κ1) is 22.9. The second-order valence-corrected chi connectivity index (χ2v) is 7.95. The number of carbonyl (C=O) groups is 2. The predicted octanol–water partition coefficient (Wildman–Crippen LogP) is 3.50. The first-order valence-electron chi connectivity index (χ1n) is 10.8. The van der Waals surface area contributed by atoms with E-state index in [1.54, 1.807) is 39.2 Å². The van der Waals surface area contributed by atoms with Gasteiger partial charge in [0.25, 0.3) is 5.91 Å². The Labute approximate surface area is 197 Å². The molecular formula is C25H25N7O2. The SMILES string of the molecule is CNC(C)C(=O)Nc1cc(-c2c(C)ccc3ncccc23)cc(NC(=O)c2cnc(C)cn2)n1. The van der Waals surface area contributed by atoms with E-state index in [9.17, 15) is 9.59 Å². The van der Waals surface area contributed by atoms with Crippen molar-refractivity contribution in [1.29, 1.82) is 0 Å². The number of hydrogen-bond acceptors (Lipinski definition) is 7. The van der Waals surface area contributed by atoms with Gasteiger partial charge in [-0.05, 0) is 68.8 Å². The van der Waals surface area contributed by atoms with E-state index in [1.807, 2.05) is 31.2 Å². The van der Waals surface area contributed by atoms with Crippen molar-refractivity contribution >= 4 is 34.4 Å². The third-order valence-corrected chi connectivity index (χ3v) is 5.44. The molecule has 0 spiro atoms. The minimum absolute atomic E-state index is 0.165. The van der Waals surface area contributed by atoms with Crippen molar-refractivity contribution in [2.45, 2.75) is 26.8 Å². The molecule has 4 rings (SSSR count). The van der Waals surface area contributed by atoms with E-state index in [1.165, 1.54) is 12.4 Å². The molecule has 0 radical (unpaired) electrons. The van der Waals surface area contributed by atoms with Gasteiger partial charge < -0.3 is 16.0 Å². The third kappa shape index (κ3) is 4.89. The lowest BCUT2D eigenvalue weighted by molar-refractivity contribution is -0.117. The fourth-order valence-electron chi connectivity index (χ4n) is 3.50. The maximum atomic E-state index is 12.8. The number of nitrogens with one attached hydrogen (secondary N) is 3. The lowest BCUT2D eigenvalue weighted by Gasteiger charge is -2.15. The Balaban J connectivity index is 1.79. The maximum absolute atomic E-state index is 12.8. The van der Waals surface area contributed by atoms with Gasteiger partial charge in [-0.2, -0.15) is 0 Å². The average molecular weight is 456 g/mol. The summed E-state index contributed by atoms with van der Waals surface area (Å²) < 4.78 is 0. The van der Waals surface area contributed by atoms with Gasteiger partial charge in [0, 0.05) is 17.8 Å². The Bertz CT molecular complexity index is 1370. The van der Waals surface area contributed by atoms with E-state index in [-0.39, 0.29) is 17.4 Å². The average Bonchev–Trinajstić information content (AvgIpc) is 2.83. The molecule has 0 aliphatic heterocycles. The molecule has 172 valence electrons. The van der Waals surface area contributed by atoms with Crippen LogP contribution in [0.1, 0.15) is 28.7 Å². The largest absolute Gasteiger partial charge is 0.309 e. The zero-order valence-electron chi connectivity index (χ0n) is 19.4. The quantitative estimate of drug-likeness (QED) is 0.407.